The van der Waals surface area contributed by atoms with E-state index in [-0.39, 0.29) is 12.1 Å². The van der Waals surface area contributed by atoms with Crippen LogP contribution in [-0.4, -0.2) is 17.2 Å². The summed E-state index contributed by atoms with van der Waals surface area (Å²) >= 11 is 0. The molecule has 0 fully saturated rings. The smallest absolute Gasteiger partial charge is 0.338 e. The number of carbonyl (C=O) groups excluding carboxylic acids is 1. The number of carbonyl (C=O) groups is 1. The Balaban J connectivity index is 2.83. The molecule has 1 aromatic carbocycles. The van der Waals surface area contributed by atoms with Gasteiger partial charge in [-0.2, -0.15) is 0 Å². The normalized spacial score (nSPS) is 11.6. The van der Waals surface area contributed by atoms with Crippen LogP contribution in [-0.2, 0) is 10.3 Å². The minimum Gasteiger partial charge on any atom is -0.459 e. The van der Waals surface area contributed by atoms with Crippen LogP contribution in [0.1, 0.15) is 43.6 Å². The SMILES string of the molecule is CC(C)OC(=O)c1ccc(C(C)(C)O)cc1. The molecule has 3 nitrogen and oxygen atoms in total. The maximum absolute atomic E-state index is 11.5. The standard InChI is InChI=1S/C13H18O3/c1-9(2)16-12(14)10-5-7-11(8-6-10)13(3,4)15/h5-9,15H,1-4H3. The van der Waals surface area contributed by atoms with Gasteiger partial charge in [-0.25, -0.2) is 4.79 Å². The topological polar surface area (TPSA) is 46.5 Å². The van der Waals surface area contributed by atoms with Crippen LogP contribution in [0.2, 0.25) is 0 Å². The monoisotopic (exact) mass is 222 g/mol. The molecule has 0 aliphatic heterocycles. The Kier molecular flexibility index (Phi) is 3.70. The molecule has 0 aromatic heterocycles. The first-order valence-electron chi connectivity index (χ1n) is 5.34. The zero-order valence-corrected chi connectivity index (χ0v) is 10.2. The molecule has 0 saturated carbocycles. The van der Waals surface area contributed by atoms with Gasteiger partial charge in [0.1, 0.15) is 0 Å². The van der Waals surface area contributed by atoms with Gasteiger partial charge >= 0.3 is 5.97 Å². The van der Waals surface area contributed by atoms with Crippen molar-refractivity contribution in [1.82, 2.24) is 0 Å². The van der Waals surface area contributed by atoms with Crippen LogP contribution in [0.3, 0.4) is 0 Å². The van der Waals surface area contributed by atoms with E-state index < -0.39 is 5.60 Å². The number of esters is 1. The van der Waals surface area contributed by atoms with E-state index in [1.807, 2.05) is 13.8 Å². The summed E-state index contributed by atoms with van der Waals surface area (Å²) in [7, 11) is 0. The van der Waals surface area contributed by atoms with E-state index in [0.29, 0.717) is 5.56 Å². The van der Waals surface area contributed by atoms with Gasteiger partial charge in [-0.3, -0.25) is 0 Å². The number of rotatable bonds is 3. The summed E-state index contributed by atoms with van der Waals surface area (Å²) in [6.45, 7) is 7.02. The molecule has 0 aliphatic carbocycles. The fourth-order valence-electron chi connectivity index (χ4n) is 1.30. The van der Waals surface area contributed by atoms with Gasteiger partial charge in [-0.1, -0.05) is 12.1 Å². The number of ether oxygens (including phenoxy) is 1. The molecule has 1 aromatic rings. The van der Waals surface area contributed by atoms with Gasteiger partial charge in [0.15, 0.2) is 0 Å². The summed E-state index contributed by atoms with van der Waals surface area (Å²) < 4.78 is 5.06. The van der Waals surface area contributed by atoms with Gasteiger partial charge in [0.2, 0.25) is 0 Å². The van der Waals surface area contributed by atoms with Crippen molar-refractivity contribution in [3.8, 4) is 0 Å². The van der Waals surface area contributed by atoms with Gasteiger partial charge in [0.25, 0.3) is 0 Å². The minimum absolute atomic E-state index is 0.124. The molecule has 0 unspecified atom stereocenters. The number of aliphatic hydroxyl groups is 1. The molecular formula is C13H18O3. The van der Waals surface area contributed by atoms with Gasteiger partial charge in [0.05, 0.1) is 17.3 Å². The van der Waals surface area contributed by atoms with Crippen LogP contribution >= 0.6 is 0 Å². The molecule has 1 N–H and O–H groups in total. The Morgan fingerprint density at radius 2 is 1.75 bits per heavy atom. The van der Waals surface area contributed by atoms with E-state index in [4.69, 9.17) is 4.74 Å². The molecule has 0 bridgehead atoms. The van der Waals surface area contributed by atoms with E-state index >= 15 is 0 Å². The van der Waals surface area contributed by atoms with Crippen LogP contribution in [0.4, 0.5) is 0 Å². The van der Waals surface area contributed by atoms with E-state index in [9.17, 15) is 9.90 Å². The quantitative estimate of drug-likeness (QED) is 0.799. The summed E-state index contributed by atoms with van der Waals surface area (Å²) in [5.74, 6) is -0.336. The molecule has 0 radical (unpaired) electrons. The summed E-state index contributed by atoms with van der Waals surface area (Å²) in [4.78, 5) is 11.5. The van der Waals surface area contributed by atoms with Crippen LogP contribution in [0.5, 0.6) is 0 Å². The van der Waals surface area contributed by atoms with E-state index in [1.54, 1.807) is 38.1 Å². The van der Waals surface area contributed by atoms with Crippen LogP contribution in [0, 0.1) is 0 Å². The molecular weight excluding hydrogens is 204 g/mol. The predicted octanol–water partition coefficient (Wildman–Crippen LogP) is 2.48. The van der Waals surface area contributed by atoms with Crippen LogP contribution < -0.4 is 0 Å². The van der Waals surface area contributed by atoms with Crippen molar-refractivity contribution in [1.29, 1.82) is 0 Å². The molecule has 0 saturated heterocycles. The third-order valence-electron chi connectivity index (χ3n) is 2.17. The van der Waals surface area contributed by atoms with E-state index in [0.717, 1.165) is 5.56 Å². The molecule has 16 heavy (non-hydrogen) atoms. The highest BCUT2D eigenvalue weighted by Gasteiger charge is 2.16. The van der Waals surface area contributed by atoms with E-state index in [1.165, 1.54) is 0 Å². The summed E-state index contributed by atoms with van der Waals surface area (Å²) in [5.41, 5.74) is 0.385. The van der Waals surface area contributed by atoms with Crippen molar-refractivity contribution in [2.75, 3.05) is 0 Å². The summed E-state index contributed by atoms with van der Waals surface area (Å²) in [6.07, 6.45) is -0.124. The van der Waals surface area contributed by atoms with Gasteiger partial charge in [0, 0.05) is 0 Å². The molecule has 3 heteroatoms. The maximum atomic E-state index is 11.5. The third kappa shape index (κ3) is 3.35. The van der Waals surface area contributed by atoms with Crippen molar-refractivity contribution >= 4 is 5.97 Å². The molecule has 0 spiro atoms. The zero-order valence-electron chi connectivity index (χ0n) is 10.2. The van der Waals surface area contributed by atoms with Crippen LogP contribution in [0.25, 0.3) is 0 Å². The summed E-state index contributed by atoms with van der Waals surface area (Å²) in [5, 5.41) is 9.75. The molecule has 1 rings (SSSR count). The van der Waals surface area contributed by atoms with Gasteiger partial charge in [-0.15, -0.1) is 0 Å². The fourth-order valence-corrected chi connectivity index (χ4v) is 1.30. The van der Waals surface area contributed by atoms with Crippen molar-refractivity contribution < 1.29 is 14.6 Å². The lowest BCUT2D eigenvalue weighted by molar-refractivity contribution is 0.0377. The predicted molar refractivity (Wildman–Crippen MR) is 62.2 cm³/mol. The van der Waals surface area contributed by atoms with Crippen molar-refractivity contribution in [2.24, 2.45) is 0 Å². The lowest BCUT2D eigenvalue weighted by Crippen LogP contribution is -2.16. The Bertz CT molecular complexity index is 358. The first-order chi connectivity index (χ1) is 7.30. The second-order valence-electron chi connectivity index (χ2n) is 4.59. The highest BCUT2D eigenvalue weighted by molar-refractivity contribution is 5.89. The summed E-state index contributed by atoms with van der Waals surface area (Å²) in [6, 6.07) is 6.80. The van der Waals surface area contributed by atoms with Gasteiger partial charge < -0.3 is 9.84 Å². The average molecular weight is 222 g/mol. The molecule has 0 atom stereocenters. The Morgan fingerprint density at radius 3 is 2.12 bits per heavy atom. The fraction of sp³-hybridized carbons (Fsp3) is 0.462. The highest BCUT2D eigenvalue weighted by atomic mass is 16.5. The highest BCUT2D eigenvalue weighted by Crippen LogP contribution is 2.20. The second-order valence-corrected chi connectivity index (χ2v) is 4.59. The first kappa shape index (κ1) is 12.7. The lowest BCUT2D eigenvalue weighted by atomic mass is 9.97. The molecule has 0 heterocycles. The first-order valence-corrected chi connectivity index (χ1v) is 5.34. The maximum Gasteiger partial charge on any atom is 0.338 e. The van der Waals surface area contributed by atoms with E-state index in [2.05, 4.69) is 0 Å². The van der Waals surface area contributed by atoms with Gasteiger partial charge in [-0.05, 0) is 45.4 Å². The van der Waals surface area contributed by atoms with Crippen LogP contribution in [0.15, 0.2) is 24.3 Å². The molecule has 0 amide bonds. The third-order valence-corrected chi connectivity index (χ3v) is 2.17. The molecule has 0 aliphatic rings. The Labute approximate surface area is 96.1 Å². The lowest BCUT2D eigenvalue weighted by Gasteiger charge is -2.17. The van der Waals surface area contributed by atoms with Crippen molar-refractivity contribution in [3.63, 3.8) is 0 Å². The zero-order chi connectivity index (χ0) is 12.3. The second kappa shape index (κ2) is 4.66. The van der Waals surface area contributed by atoms with Crippen molar-refractivity contribution in [2.45, 2.75) is 39.4 Å². The number of hydrogen-bond donors (Lipinski definition) is 1. The Morgan fingerprint density at radius 1 is 1.25 bits per heavy atom. The Hall–Kier alpha value is -1.35. The van der Waals surface area contributed by atoms with Crippen molar-refractivity contribution in [3.05, 3.63) is 35.4 Å². The largest absolute Gasteiger partial charge is 0.459 e. The average Bonchev–Trinajstić information content (AvgIpc) is 2.15. The molecule has 88 valence electrons. The number of hydrogen-bond acceptors (Lipinski definition) is 3. The minimum atomic E-state index is -0.888. The number of benzene rings is 1.